The Bertz CT molecular complexity index is 1010. The molecule has 1 amide bonds. The van der Waals surface area contributed by atoms with Gasteiger partial charge in [-0.05, 0) is 49.4 Å². The van der Waals surface area contributed by atoms with Gasteiger partial charge in [-0.15, -0.1) is 0 Å². The first-order valence-corrected chi connectivity index (χ1v) is 12.9. The van der Waals surface area contributed by atoms with Gasteiger partial charge in [0, 0.05) is 28.7 Å². The Balaban J connectivity index is 1.65. The van der Waals surface area contributed by atoms with Crippen LogP contribution in [0.5, 0.6) is 0 Å². The number of benzene rings is 2. The lowest BCUT2D eigenvalue weighted by Gasteiger charge is -2.32. The summed E-state index contributed by atoms with van der Waals surface area (Å²) < 4.78 is 27.4. The van der Waals surface area contributed by atoms with Crippen molar-refractivity contribution < 1.29 is 13.2 Å². The van der Waals surface area contributed by atoms with Gasteiger partial charge in [-0.3, -0.25) is 4.79 Å². The van der Waals surface area contributed by atoms with Crippen molar-refractivity contribution in [2.45, 2.75) is 44.9 Å². The summed E-state index contributed by atoms with van der Waals surface area (Å²) in [6.45, 7) is 4.60. The average molecular weight is 483 g/mol. The van der Waals surface area contributed by atoms with Gasteiger partial charge in [0.15, 0.2) is 0 Å². The molecule has 0 spiro atoms. The summed E-state index contributed by atoms with van der Waals surface area (Å²) in [7, 11) is -3.65. The van der Waals surface area contributed by atoms with E-state index in [2.05, 4.69) is 24.4 Å². The normalized spacial score (nSPS) is 18.5. The molecule has 0 aromatic heterocycles. The van der Waals surface area contributed by atoms with E-state index in [1.807, 2.05) is 19.1 Å². The van der Waals surface area contributed by atoms with E-state index in [1.54, 1.807) is 18.2 Å². The van der Waals surface area contributed by atoms with Gasteiger partial charge in [0.05, 0.1) is 17.7 Å². The zero-order chi connectivity index (χ0) is 22.6. The number of carbonyl (C=O) groups excluding carboxylic acids is 1. The third-order valence-corrected chi connectivity index (χ3v) is 8.26. The van der Waals surface area contributed by atoms with Crippen LogP contribution in [-0.2, 0) is 27.0 Å². The fourth-order valence-electron chi connectivity index (χ4n) is 3.81. The van der Waals surface area contributed by atoms with Crippen molar-refractivity contribution in [3.8, 4) is 0 Å². The first-order valence-electron chi connectivity index (χ1n) is 10.5. The topological polar surface area (TPSA) is 66.5 Å². The number of nitrogens with zero attached hydrogens (tertiary/aromatic N) is 1. The van der Waals surface area contributed by atoms with E-state index in [0.717, 1.165) is 12.0 Å². The second-order valence-corrected chi connectivity index (χ2v) is 10.8. The molecule has 2 aromatic rings. The molecule has 3 rings (SSSR count). The molecule has 0 radical (unpaired) electrons. The standard InChI is InChI=1S/C23H28Cl2N2O3S/c1-3-17-9-11-18(12-10-17)16(2)26-23(28)19-6-5-13-27(14-19)31(29,30)15-20-21(24)7-4-8-22(20)25/h4,7-12,16,19H,3,5-6,13-15H2,1-2H3,(H,26,28)/t16-,19-/m0/s1. The van der Waals surface area contributed by atoms with Crippen LogP contribution >= 0.6 is 23.2 Å². The van der Waals surface area contributed by atoms with Crippen LogP contribution in [0.15, 0.2) is 42.5 Å². The molecule has 2 aromatic carbocycles. The fraction of sp³-hybridized carbons (Fsp3) is 0.435. The first-order chi connectivity index (χ1) is 14.7. The molecule has 0 unspecified atom stereocenters. The van der Waals surface area contributed by atoms with Crippen LogP contribution in [0.1, 0.15) is 49.4 Å². The van der Waals surface area contributed by atoms with Gasteiger partial charge in [-0.25, -0.2) is 12.7 Å². The molecule has 0 bridgehead atoms. The number of piperidine rings is 1. The molecule has 1 heterocycles. The molecule has 0 saturated carbocycles. The molecule has 1 saturated heterocycles. The van der Waals surface area contributed by atoms with E-state index in [-0.39, 0.29) is 30.2 Å². The lowest BCUT2D eigenvalue weighted by Crippen LogP contribution is -2.46. The summed E-state index contributed by atoms with van der Waals surface area (Å²) in [4.78, 5) is 12.9. The summed E-state index contributed by atoms with van der Waals surface area (Å²) in [5, 5.41) is 3.69. The molecule has 168 valence electrons. The van der Waals surface area contributed by atoms with E-state index in [9.17, 15) is 13.2 Å². The first kappa shape index (κ1) is 24.1. The van der Waals surface area contributed by atoms with Gasteiger partial charge in [0.25, 0.3) is 0 Å². The predicted octanol–water partition coefficient (Wildman–Crippen LogP) is 4.98. The molecule has 1 fully saturated rings. The van der Waals surface area contributed by atoms with Gasteiger partial charge in [0.2, 0.25) is 15.9 Å². The maximum atomic E-state index is 13.0. The van der Waals surface area contributed by atoms with Crippen molar-refractivity contribution in [1.29, 1.82) is 0 Å². The van der Waals surface area contributed by atoms with Crippen molar-refractivity contribution in [2.75, 3.05) is 13.1 Å². The molecule has 31 heavy (non-hydrogen) atoms. The third-order valence-electron chi connectivity index (χ3n) is 5.78. The molecular formula is C23H28Cl2N2O3S. The lowest BCUT2D eigenvalue weighted by molar-refractivity contribution is -0.126. The minimum atomic E-state index is -3.65. The number of hydrogen-bond acceptors (Lipinski definition) is 3. The van der Waals surface area contributed by atoms with Gasteiger partial charge in [-0.2, -0.15) is 0 Å². The van der Waals surface area contributed by atoms with Crippen LogP contribution in [0, 0.1) is 5.92 Å². The summed E-state index contributed by atoms with van der Waals surface area (Å²) in [5.41, 5.74) is 2.66. The molecule has 1 N–H and O–H groups in total. The van der Waals surface area contributed by atoms with E-state index in [0.29, 0.717) is 35.0 Å². The van der Waals surface area contributed by atoms with Gasteiger partial charge >= 0.3 is 0 Å². The highest BCUT2D eigenvalue weighted by Crippen LogP contribution is 2.29. The Morgan fingerprint density at radius 1 is 1.16 bits per heavy atom. The number of sulfonamides is 1. The van der Waals surface area contributed by atoms with Crippen molar-refractivity contribution in [3.63, 3.8) is 0 Å². The highest BCUT2D eigenvalue weighted by molar-refractivity contribution is 7.88. The van der Waals surface area contributed by atoms with Crippen LogP contribution in [0.2, 0.25) is 10.0 Å². The maximum absolute atomic E-state index is 13.0. The van der Waals surface area contributed by atoms with Crippen molar-refractivity contribution in [3.05, 3.63) is 69.2 Å². The third kappa shape index (κ3) is 6.01. The van der Waals surface area contributed by atoms with Crippen LogP contribution in [0.3, 0.4) is 0 Å². The number of halogens is 2. The van der Waals surface area contributed by atoms with E-state index >= 15 is 0 Å². The van der Waals surface area contributed by atoms with Crippen molar-refractivity contribution >= 4 is 39.1 Å². The highest BCUT2D eigenvalue weighted by atomic mass is 35.5. The lowest BCUT2D eigenvalue weighted by atomic mass is 9.97. The molecule has 1 aliphatic rings. The SMILES string of the molecule is CCc1ccc([C@H](C)NC(=O)[C@H]2CCCN(S(=O)(=O)Cc3c(Cl)cccc3Cl)C2)cc1. The van der Waals surface area contributed by atoms with E-state index in [4.69, 9.17) is 23.2 Å². The number of aryl methyl sites for hydroxylation is 1. The maximum Gasteiger partial charge on any atom is 0.224 e. The van der Waals surface area contributed by atoms with E-state index in [1.165, 1.54) is 9.87 Å². The Morgan fingerprint density at radius 3 is 2.42 bits per heavy atom. The summed E-state index contributed by atoms with van der Waals surface area (Å²) >= 11 is 12.3. The van der Waals surface area contributed by atoms with Gasteiger partial charge in [0.1, 0.15) is 0 Å². The summed E-state index contributed by atoms with van der Waals surface area (Å²) in [5.74, 6) is -0.787. The summed E-state index contributed by atoms with van der Waals surface area (Å²) in [6.07, 6.45) is 2.26. The number of nitrogens with one attached hydrogen (secondary N) is 1. The monoisotopic (exact) mass is 482 g/mol. The molecule has 1 aliphatic heterocycles. The highest BCUT2D eigenvalue weighted by Gasteiger charge is 2.33. The van der Waals surface area contributed by atoms with Gasteiger partial charge < -0.3 is 5.32 Å². The zero-order valence-corrected chi connectivity index (χ0v) is 20.1. The van der Waals surface area contributed by atoms with Crippen LogP contribution in [-0.4, -0.2) is 31.7 Å². The molecule has 5 nitrogen and oxygen atoms in total. The van der Waals surface area contributed by atoms with Crippen LogP contribution < -0.4 is 5.32 Å². The smallest absolute Gasteiger partial charge is 0.224 e. The van der Waals surface area contributed by atoms with E-state index < -0.39 is 10.0 Å². The van der Waals surface area contributed by atoms with Crippen molar-refractivity contribution in [2.24, 2.45) is 5.92 Å². The molecule has 0 aliphatic carbocycles. The number of hydrogen-bond donors (Lipinski definition) is 1. The fourth-order valence-corrected chi connectivity index (χ4v) is 6.17. The Morgan fingerprint density at radius 2 is 1.81 bits per heavy atom. The minimum Gasteiger partial charge on any atom is -0.349 e. The van der Waals surface area contributed by atoms with Gasteiger partial charge in [-0.1, -0.05) is 60.5 Å². The number of amides is 1. The Kier molecular flexibility index (Phi) is 8.03. The minimum absolute atomic E-state index is 0.122. The number of carbonyl (C=O) groups is 1. The zero-order valence-electron chi connectivity index (χ0n) is 17.8. The number of rotatable bonds is 7. The van der Waals surface area contributed by atoms with Crippen LogP contribution in [0.4, 0.5) is 0 Å². The predicted molar refractivity (Wildman–Crippen MR) is 126 cm³/mol. The second-order valence-electron chi connectivity index (χ2n) is 7.98. The molecule has 8 heteroatoms. The van der Waals surface area contributed by atoms with Crippen molar-refractivity contribution in [1.82, 2.24) is 9.62 Å². The Labute approximate surface area is 194 Å². The quantitative estimate of drug-likeness (QED) is 0.605. The average Bonchev–Trinajstić information content (AvgIpc) is 2.76. The molecule has 2 atom stereocenters. The second kappa shape index (κ2) is 10.3. The Hall–Kier alpha value is -1.60. The summed E-state index contributed by atoms with van der Waals surface area (Å²) in [6, 6.07) is 13.0. The largest absolute Gasteiger partial charge is 0.349 e. The molecular weight excluding hydrogens is 455 g/mol. The van der Waals surface area contributed by atoms with Crippen LogP contribution in [0.25, 0.3) is 0 Å².